The highest BCUT2D eigenvalue weighted by Gasteiger charge is 2.24. The summed E-state index contributed by atoms with van der Waals surface area (Å²) in [5.74, 6) is -0.439. The van der Waals surface area contributed by atoms with Crippen molar-refractivity contribution in [3.63, 3.8) is 0 Å². The average molecular weight is 351 g/mol. The van der Waals surface area contributed by atoms with Gasteiger partial charge in [0.15, 0.2) is 0 Å². The Morgan fingerprint density at radius 2 is 1.85 bits per heavy atom. The molecule has 0 radical (unpaired) electrons. The zero-order chi connectivity index (χ0) is 18.9. The SMILES string of the molecule is CC(C)(C)c1nc2ccccc2n1CC(=O)Nc1cccc(C(=O)O)c1. The molecule has 0 aliphatic carbocycles. The van der Waals surface area contributed by atoms with Crippen molar-refractivity contribution in [1.29, 1.82) is 0 Å². The average Bonchev–Trinajstić information content (AvgIpc) is 2.94. The number of imidazole rings is 1. The number of carboxylic acid groups (broad SMARTS) is 1. The molecule has 26 heavy (non-hydrogen) atoms. The van der Waals surface area contributed by atoms with Crippen LogP contribution in [0.15, 0.2) is 48.5 Å². The van der Waals surface area contributed by atoms with E-state index in [1.54, 1.807) is 12.1 Å². The number of carboxylic acids is 1. The lowest BCUT2D eigenvalue weighted by molar-refractivity contribution is -0.116. The molecule has 6 nitrogen and oxygen atoms in total. The van der Waals surface area contributed by atoms with Gasteiger partial charge in [-0.3, -0.25) is 4.79 Å². The van der Waals surface area contributed by atoms with E-state index in [2.05, 4.69) is 31.1 Å². The van der Waals surface area contributed by atoms with Crippen molar-refractivity contribution in [2.45, 2.75) is 32.7 Å². The summed E-state index contributed by atoms with van der Waals surface area (Å²) in [5, 5.41) is 11.8. The first-order valence-electron chi connectivity index (χ1n) is 8.34. The van der Waals surface area contributed by atoms with Gasteiger partial charge in [0.25, 0.3) is 0 Å². The zero-order valence-electron chi connectivity index (χ0n) is 15.0. The summed E-state index contributed by atoms with van der Waals surface area (Å²) in [6.45, 7) is 6.27. The number of carbonyl (C=O) groups is 2. The van der Waals surface area contributed by atoms with E-state index in [-0.39, 0.29) is 23.4 Å². The minimum atomic E-state index is -1.03. The zero-order valence-corrected chi connectivity index (χ0v) is 15.0. The molecule has 0 aliphatic rings. The lowest BCUT2D eigenvalue weighted by atomic mass is 9.95. The van der Waals surface area contributed by atoms with Crippen molar-refractivity contribution in [1.82, 2.24) is 9.55 Å². The molecule has 3 rings (SSSR count). The largest absolute Gasteiger partial charge is 0.478 e. The number of anilines is 1. The first kappa shape index (κ1) is 17.7. The van der Waals surface area contributed by atoms with Crippen LogP contribution in [-0.4, -0.2) is 26.5 Å². The van der Waals surface area contributed by atoms with Crippen molar-refractivity contribution in [3.05, 3.63) is 59.9 Å². The third-order valence-electron chi connectivity index (χ3n) is 4.02. The van der Waals surface area contributed by atoms with Gasteiger partial charge in [-0.05, 0) is 30.3 Å². The fourth-order valence-electron chi connectivity index (χ4n) is 2.88. The normalized spacial score (nSPS) is 11.5. The van der Waals surface area contributed by atoms with E-state index in [4.69, 9.17) is 5.11 Å². The molecule has 6 heteroatoms. The number of carbonyl (C=O) groups excluding carboxylic acids is 1. The molecular formula is C20H21N3O3. The van der Waals surface area contributed by atoms with E-state index < -0.39 is 5.97 Å². The molecule has 0 spiro atoms. The van der Waals surface area contributed by atoms with Crippen LogP contribution in [0.5, 0.6) is 0 Å². The Balaban J connectivity index is 1.90. The molecule has 0 saturated carbocycles. The van der Waals surface area contributed by atoms with Crippen molar-refractivity contribution in [2.75, 3.05) is 5.32 Å². The Morgan fingerprint density at radius 3 is 2.54 bits per heavy atom. The lowest BCUT2D eigenvalue weighted by Crippen LogP contribution is -2.25. The van der Waals surface area contributed by atoms with Gasteiger partial charge in [-0.15, -0.1) is 0 Å². The topological polar surface area (TPSA) is 84.2 Å². The summed E-state index contributed by atoms with van der Waals surface area (Å²) in [5.41, 5.74) is 2.11. The summed E-state index contributed by atoms with van der Waals surface area (Å²) < 4.78 is 1.91. The highest BCUT2D eigenvalue weighted by molar-refractivity contribution is 5.94. The van der Waals surface area contributed by atoms with Crippen LogP contribution in [0.1, 0.15) is 37.0 Å². The monoisotopic (exact) mass is 351 g/mol. The number of benzene rings is 2. The van der Waals surface area contributed by atoms with Crippen molar-refractivity contribution >= 4 is 28.6 Å². The van der Waals surface area contributed by atoms with Gasteiger partial charge in [-0.1, -0.05) is 39.0 Å². The molecule has 0 fully saturated rings. The quantitative estimate of drug-likeness (QED) is 0.751. The summed E-state index contributed by atoms with van der Waals surface area (Å²) in [7, 11) is 0. The number of para-hydroxylation sites is 2. The van der Waals surface area contributed by atoms with Gasteiger partial charge in [-0.25, -0.2) is 9.78 Å². The lowest BCUT2D eigenvalue weighted by Gasteiger charge is -2.20. The number of aromatic carboxylic acids is 1. The third kappa shape index (κ3) is 3.59. The van der Waals surface area contributed by atoms with Crippen LogP contribution in [0.25, 0.3) is 11.0 Å². The number of aromatic nitrogens is 2. The second kappa shape index (κ2) is 6.63. The molecule has 1 heterocycles. The van der Waals surface area contributed by atoms with Gasteiger partial charge in [0, 0.05) is 11.1 Å². The molecule has 0 bridgehead atoms. The Morgan fingerprint density at radius 1 is 1.12 bits per heavy atom. The van der Waals surface area contributed by atoms with Crippen LogP contribution in [0, 0.1) is 0 Å². The molecule has 1 amide bonds. The number of hydrogen-bond donors (Lipinski definition) is 2. The van der Waals surface area contributed by atoms with Gasteiger partial charge in [0.1, 0.15) is 12.4 Å². The molecule has 0 unspecified atom stereocenters. The molecule has 0 aliphatic heterocycles. The van der Waals surface area contributed by atoms with E-state index in [1.807, 2.05) is 28.8 Å². The molecule has 1 aromatic heterocycles. The minimum Gasteiger partial charge on any atom is -0.478 e. The smallest absolute Gasteiger partial charge is 0.335 e. The van der Waals surface area contributed by atoms with Crippen molar-refractivity contribution < 1.29 is 14.7 Å². The van der Waals surface area contributed by atoms with Gasteiger partial charge in [0.2, 0.25) is 5.91 Å². The summed E-state index contributed by atoms with van der Waals surface area (Å²) >= 11 is 0. The summed E-state index contributed by atoms with van der Waals surface area (Å²) in [6.07, 6.45) is 0. The van der Waals surface area contributed by atoms with Gasteiger partial charge >= 0.3 is 5.97 Å². The predicted octanol–water partition coefficient (Wildman–Crippen LogP) is 3.67. The summed E-state index contributed by atoms with van der Waals surface area (Å²) in [4.78, 5) is 28.3. The van der Waals surface area contributed by atoms with Crippen molar-refractivity contribution in [3.8, 4) is 0 Å². The molecule has 0 saturated heterocycles. The first-order valence-corrected chi connectivity index (χ1v) is 8.34. The van der Waals surface area contributed by atoms with Crippen LogP contribution in [-0.2, 0) is 16.8 Å². The number of fused-ring (bicyclic) bond motifs is 1. The number of nitrogens with zero attached hydrogens (tertiary/aromatic N) is 2. The van der Waals surface area contributed by atoms with E-state index in [0.717, 1.165) is 16.9 Å². The van der Waals surface area contributed by atoms with E-state index in [1.165, 1.54) is 12.1 Å². The molecule has 2 aromatic carbocycles. The predicted molar refractivity (Wildman–Crippen MR) is 100 cm³/mol. The van der Waals surface area contributed by atoms with E-state index >= 15 is 0 Å². The highest BCUT2D eigenvalue weighted by atomic mass is 16.4. The fourth-order valence-corrected chi connectivity index (χ4v) is 2.88. The number of rotatable bonds is 4. The Hall–Kier alpha value is -3.15. The maximum atomic E-state index is 12.6. The van der Waals surface area contributed by atoms with Crippen molar-refractivity contribution in [2.24, 2.45) is 0 Å². The molecule has 3 aromatic rings. The Kier molecular flexibility index (Phi) is 4.50. The fraction of sp³-hybridized carbons (Fsp3) is 0.250. The summed E-state index contributed by atoms with van der Waals surface area (Å²) in [6, 6.07) is 13.9. The second-order valence-corrected chi connectivity index (χ2v) is 7.19. The standard InChI is InChI=1S/C20H21N3O3/c1-20(2,3)19-22-15-9-4-5-10-16(15)23(19)12-17(24)21-14-8-6-7-13(11-14)18(25)26/h4-11H,12H2,1-3H3,(H,21,24)(H,25,26). The van der Waals surface area contributed by atoms with Crippen LogP contribution in [0.3, 0.4) is 0 Å². The first-order chi connectivity index (χ1) is 12.3. The highest BCUT2D eigenvalue weighted by Crippen LogP contribution is 2.26. The maximum absolute atomic E-state index is 12.6. The third-order valence-corrected chi connectivity index (χ3v) is 4.02. The number of nitrogens with one attached hydrogen (secondary N) is 1. The maximum Gasteiger partial charge on any atom is 0.335 e. The Labute approximate surface area is 151 Å². The van der Waals surface area contributed by atoms with Crippen LogP contribution in [0.4, 0.5) is 5.69 Å². The number of amides is 1. The van der Waals surface area contributed by atoms with Gasteiger partial charge < -0.3 is 15.0 Å². The Bertz CT molecular complexity index is 983. The number of hydrogen-bond acceptors (Lipinski definition) is 3. The molecule has 2 N–H and O–H groups in total. The van der Waals surface area contributed by atoms with E-state index in [9.17, 15) is 9.59 Å². The van der Waals surface area contributed by atoms with Crippen LogP contribution in [0.2, 0.25) is 0 Å². The second-order valence-electron chi connectivity index (χ2n) is 7.19. The molecular weight excluding hydrogens is 330 g/mol. The van der Waals surface area contributed by atoms with Gasteiger partial charge in [-0.2, -0.15) is 0 Å². The molecule has 134 valence electrons. The van der Waals surface area contributed by atoms with Crippen LogP contribution >= 0.6 is 0 Å². The van der Waals surface area contributed by atoms with E-state index in [0.29, 0.717) is 5.69 Å². The van der Waals surface area contributed by atoms with Crippen LogP contribution < -0.4 is 5.32 Å². The minimum absolute atomic E-state index is 0.102. The van der Waals surface area contributed by atoms with Gasteiger partial charge in [0.05, 0.1) is 16.6 Å². The molecule has 0 atom stereocenters.